The van der Waals surface area contributed by atoms with Crippen LogP contribution in [0.2, 0.25) is 0 Å². The summed E-state index contributed by atoms with van der Waals surface area (Å²) in [7, 11) is 0. The standard InChI is InChI=1S/C13H8FN3OS/c14-10-1-3-11(4-2-10)17-7-9(8-18)12(16-17)13-15-5-6-19-13/h1-8H. The van der Waals surface area contributed by atoms with Gasteiger partial charge in [-0.25, -0.2) is 14.1 Å². The molecule has 3 rings (SSSR count). The smallest absolute Gasteiger partial charge is 0.153 e. The first-order chi connectivity index (χ1) is 9.28. The molecule has 0 saturated heterocycles. The van der Waals surface area contributed by atoms with Crippen LogP contribution in [-0.4, -0.2) is 21.1 Å². The lowest BCUT2D eigenvalue weighted by Crippen LogP contribution is -1.94. The van der Waals surface area contributed by atoms with E-state index in [4.69, 9.17) is 0 Å². The lowest BCUT2D eigenvalue weighted by Gasteiger charge is -1.99. The summed E-state index contributed by atoms with van der Waals surface area (Å²) in [6, 6.07) is 5.90. The Balaban J connectivity index is 2.09. The second kappa shape index (κ2) is 4.74. The third-order valence-corrected chi connectivity index (χ3v) is 3.38. The molecule has 2 heterocycles. The van der Waals surface area contributed by atoms with Crippen LogP contribution in [0.15, 0.2) is 42.0 Å². The minimum absolute atomic E-state index is 0.313. The van der Waals surface area contributed by atoms with Crippen LogP contribution >= 0.6 is 11.3 Å². The van der Waals surface area contributed by atoms with Gasteiger partial charge < -0.3 is 0 Å². The molecule has 0 aliphatic heterocycles. The van der Waals surface area contributed by atoms with Gasteiger partial charge in [-0.3, -0.25) is 4.79 Å². The molecule has 0 aliphatic carbocycles. The van der Waals surface area contributed by atoms with Crippen LogP contribution in [0.4, 0.5) is 4.39 Å². The number of carbonyl (C=O) groups excluding carboxylic acids is 1. The van der Waals surface area contributed by atoms with Crippen molar-refractivity contribution in [2.75, 3.05) is 0 Å². The van der Waals surface area contributed by atoms with Crippen molar-refractivity contribution < 1.29 is 9.18 Å². The lowest BCUT2D eigenvalue weighted by atomic mass is 10.3. The summed E-state index contributed by atoms with van der Waals surface area (Å²) in [6.07, 6.45) is 4.01. The SMILES string of the molecule is O=Cc1cn(-c2ccc(F)cc2)nc1-c1nccs1. The second-order valence-corrected chi connectivity index (χ2v) is 4.70. The zero-order chi connectivity index (χ0) is 13.2. The van der Waals surface area contributed by atoms with Gasteiger partial charge in [0, 0.05) is 17.8 Å². The monoisotopic (exact) mass is 273 g/mol. The predicted octanol–water partition coefficient (Wildman–Crippen LogP) is 2.95. The summed E-state index contributed by atoms with van der Waals surface area (Å²) in [6.45, 7) is 0. The molecule has 2 aromatic heterocycles. The van der Waals surface area contributed by atoms with Crippen molar-refractivity contribution >= 4 is 17.6 Å². The molecule has 0 atom stereocenters. The maximum Gasteiger partial charge on any atom is 0.153 e. The third-order valence-electron chi connectivity index (χ3n) is 2.60. The molecule has 94 valence electrons. The summed E-state index contributed by atoms with van der Waals surface area (Å²) < 4.78 is 14.4. The minimum atomic E-state index is -0.313. The molecule has 0 unspecified atom stereocenters. The molecular formula is C13H8FN3OS. The summed E-state index contributed by atoms with van der Waals surface area (Å²) in [5.74, 6) is -0.313. The van der Waals surface area contributed by atoms with Crippen molar-refractivity contribution in [1.82, 2.24) is 14.8 Å². The third kappa shape index (κ3) is 2.17. The normalized spacial score (nSPS) is 10.6. The van der Waals surface area contributed by atoms with Crippen LogP contribution in [0, 0.1) is 5.82 Å². The maximum absolute atomic E-state index is 12.9. The second-order valence-electron chi connectivity index (χ2n) is 3.81. The number of halogens is 1. The van der Waals surface area contributed by atoms with Crippen LogP contribution in [0.3, 0.4) is 0 Å². The number of nitrogens with zero attached hydrogens (tertiary/aromatic N) is 3. The van der Waals surface area contributed by atoms with Crippen molar-refractivity contribution in [2.45, 2.75) is 0 Å². The van der Waals surface area contributed by atoms with Crippen molar-refractivity contribution in [3.63, 3.8) is 0 Å². The lowest BCUT2D eigenvalue weighted by molar-refractivity contribution is 0.112. The van der Waals surface area contributed by atoms with Gasteiger partial charge in [-0.1, -0.05) is 0 Å². The first-order valence-electron chi connectivity index (χ1n) is 5.48. The number of hydrogen-bond donors (Lipinski definition) is 0. The summed E-state index contributed by atoms with van der Waals surface area (Å²) >= 11 is 1.41. The maximum atomic E-state index is 12.9. The molecule has 0 fully saturated rings. The van der Waals surface area contributed by atoms with Crippen LogP contribution < -0.4 is 0 Å². The Morgan fingerprint density at radius 3 is 2.68 bits per heavy atom. The van der Waals surface area contributed by atoms with Gasteiger partial charge in [-0.2, -0.15) is 5.10 Å². The number of benzene rings is 1. The van der Waals surface area contributed by atoms with E-state index in [2.05, 4.69) is 10.1 Å². The van der Waals surface area contributed by atoms with Gasteiger partial charge >= 0.3 is 0 Å². The largest absolute Gasteiger partial charge is 0.298 e. The quantitative estimate of drug-likeness (QED) is 0.689. The Morgan fingerprint density at radius 1 is 1.26 bits per heavy atom. The number of aromatic nitrogens is 3. The molecule has 0 aliphatic rings. The Kier molecular flexibility index (Phi) is 2.92. The molecule has 0 bridgehead atoms. The van der Waals surface area contributed by atoms with Gasteiger partial charge in [-0.05, 0) is 24.3 Å². The highest BCUT2D eigenvalue weighted by atomic mass is 32.1. The Hall–Kier alpha value is -2.34. The van der Waals surface area contributed by atoms with E-state index in [-0.39, 0.29) is 5.82 Å². The number of thiazole rings is 1. The molecule has 19 heavy (non-hydrogen) atoms. The first-order valence-corrected chi connectivity index (χ1v) is 6.36. The molecule has 0 spiro atoms. The first kappa shape index (κ1) is 11.7. The molecule has 3 aromatic rings. The van der Waals surface area contributed by atoms with Crippen LogP contribution in [-0.2, 0) is 0 Å². The van der Waals surface area contributed by atoms with Crippen molar-refractivity contribution in [3.8, 4) is 16.4 Å². The molecule has 6 heteroatoms. The summed E-state index contributed by atoms with van der Waals surface area (Å²) in [5, 5.41) is 6.84. The summed E-state index contributed by atoms with van der Waals surface area (Å²) in [4.78, 5) is 15.2. The van der Waals surface area contributed by atoms with Crippen LogP contribution in [0.1, 0.15) is 10.4 Å². The Bertz CT molecular complexity index is 704. The molecule has 0 amide bonds. The van der Waals surface area contributed by atoms with E-state index >= 15 is 0 Å². The van der Waals surface area contributed by atoms with Crippen LogP contribution in [0.5, 0.6) is 0 Å². The van der Waals surface area contributed by atoms with Gasteiger partial charge in [0.25, 0.3) is 0 Å². The molecule has 1 aromatic carbocycles. The molecule has 0 saturated carbocycles. The summed E-state index contributed by atoms with van der Waals surface area (Å²) in [5.41, 5.74) is 1.68. The fourth-order valence-corrected chi connectivity index (χ4v) is 2.35. The number of hydrogen-bond acceptors (Lipinski definition) is 4. The number of rotatable bonds is 3. The van der Waals surface area contributed by atoms with Crippen molar-refractivity contribution in [1.29, 1.82) is 0 Å². The molecular weight excluding hydrogens is 265 g/mol. The number of aldehydes is 1. The minimum Gasteiger partial charge on any atom is -0.298 e. The van der Waals surface area contributed by atoms with Crippen molar-refractivity contribution in [2.24, 2.45) is 0 Å². The average molecular weight is 273 g/mol. The topological polar surface area (TPSA) is 47.8 Å². The highest BCUT2D eigenvalue weighted by molar-refractivity contribution is 7.13. The average Bonchev–Trinajstić information content (AvgIpc) is 3.08. The van der Waals surface area contributed by atoms with E-state index in [1.165, 1.54) is 23.5 Å². The van der Waals surface area contributed by atoms with E-state index < -0.39 is 0 Å². The van der Waals surface area contributed by atoms with E-state index in [0.717, 1.165) is 6.29 Å². The fraction of sp³-hybridized carbons (Fsp3) is 0. The molecule has 0 N–H and O–H groups in total. The van der Waals surface area contributed by atoms with Crippen molar-refractivity contribution in [3.05, 3.63) is 53.4 Å². The van der Waals surface area contributed by atoms with E-state index in [9.17, 15) is 9.18 Å². The molecule has 0 radical (unpaired) electrons. The van der Waals surface area contributed by atoms with Gasteiger partial charge in [0.2, 0.25) is 0 Å². The molecule has 4 nitrogen and oxygen atoms in total. The fourth-order valence-electron chi connectivity index (χ4n) is 1.71. The zero-order valence-corrected chi connectivity index (χ0v) is 10.5. The number of carbonyl (C=O) groups is 1. The predicted molar refractivity (Wildman–Crippen MR) is 70.0 cm³/mol. The van der Waals surface area contributed by atoms with Crippen LogP contribution in [0.25, 0.3) is 16.4 Å². The van der Waals surface area contributed by atoms with E-state index in [0.29, 0.717) is 22.0 Å². The van der Waals surface area contributed by atoms with E-state index in [1.54, 1.807) is 29.2 Å². The Labute approximate surface area is 112 Å². The van der Waals surface area contributed by atoms with Gasteiger partial charge in [0.1, 0.15) is 16.5 Å². The highest BCUT2D eigenvalue weighted by Crippen LogP contribution is 2.24. The van der Waals surface area contributed by atoms with Gasteiger partial charge in [0.05, 0.1) is 11.3 Å². The van der Waals surface area contributed by atoms with Gasteiger partial charge in [-0.15, -0.1) is 11.3 Å². The van der Waals surface area contributed by atoms with Gasteiger partial charge in [0.15, 0.2) is 6.29 Å². The zero-order valence-electron chi connectivity index (χ0n) is 9.65. The Morgan fingerprint density at radius 2 is 2.05 bits per heavy atom. The van der Waals surface area contributed by atoms with E-state index in [1.807, 2.05) is 5.38 Å². The highest BCUT2D eigenvalue weighted by Gasteiger charge is 2.13.